The third-order valence-electron chi connectivity index (χ3n) is 5.26. The molecule has 3 aromatic rings. The van der Waals surface area contributed by atoms with E-state index in [2.05, 4.69) is 15.0 Å². The van der Waals surface area contributed by atoms with Gasteiger partial charge in [0.2, 0.25) is 0 Å². The van der Waals surface area contributed by atoms with Crippen LogP contribution in [0.5, 0.6) is 5.75 Å². The van der Waals surface area contributed by atoms with Gasteiger partial charge in [0, 0.05) is 48.6 Å². The van der Waals surface area contributed by atoms with E-state index in [-0.39, 0.29) is 29.1 Å². The first kappa shape index (κ1) is 20.8. The standard InChI is InChI=1S/C22H19F3N4O2/c23-22(24,25)18-12-19(28-21(27-18)16-2-1-9-26-13-16)29-10-7-15(8-11-29)20(31)14-3-5-17(30)6-4-14/h1-6,9,12-13,15,30H,7-8,10-11H2. The minimum Gasteiger partial charge on any atom is -0.508 e. The maximum Gasteiger partial charge on any atom is 0.433 e. The maximum atomic E-state index is 13.4. The number of pyridine rings is 1. The number of ketones is 1. The second kappa shape index (κ2) is 8.33. The van der Waals surface area contributed by atoms with Crippen LogP contribution in [0.15, 0.2) is 54.9 Å². The topological polar surface area (TPSA) is 79.2 Å². The highest BCUT2D eigenvalue weighted by molar-refractivity contribution is 5.98. The van der Waals surface area contributed by atoms with Crippen molar-refractivity contribution in [2.45, 2.75) is 19.0 Å². The first-order valence-electron chi connectivity index (χ1n) is 9.76. The number of halogens is 3. The molecule has 3 heterocycles. The number of carbonyl (C=O) groups excluding carboxylic acids is 1. The summed E-state index contributed by atoms with van der Waals surface area (Å²) in [6.45, 7) is 0.796. The highest BCUT2D eigenvalue weighted by Crippen LogP contribution is 2.33. The smallest absolute Gasteiger partial charge is 0.433 e. The molecule has 0 atom stereocenters. The van der Waals surface area contributed by atoms with Crippen LogP contribution in [0.4, 0.5) is 19.0 Å². The number of Topliss-reactive ketones (excluding diaryl/α,β-unsaturated/α-hetero) is 1. The van der Waals surface area contributed by atoms with Crippen molar-refractivity contribution in [2.75, 3.05) is 18.0 Å². The Morgan fingerprint density at radius 1 is 1.06 bits per heavy atom. The number of nitrogens with zero attached hydrogens (tertiary/aromatic N) is 4. The van der Waals surface area contributed by atoms with Crippen molar-refractivity contribution in [3.8, 4) is 17.1 Å². The molecule has 0 saturated carbocycles. The number of rotatable bonds is 4. The van der Waals surface area contributed by atoms with Gasteiger partial charge in [-0.15, -0.1) is 0 Å². The van der Waals surface area contributed by atoms with Gasteiger partial charge < -0.3 is 10.0 Å². The lowest BCUT2D eigenvalue weighted by Gasteiger charge is -2.32. The number of benzene rings is 1. The highest BCUT2D eigenvalue weighted by Gasteiger charge is 2.35. The molecule has 1 fully saturated rings. The van der Waals surface area contributed by atoms with E-state index in [1.54, 1.807) is 29.2 Å². The largest absolute Gasteiger partial charge is 0.508 e. The van der Waals surface area contributed by atoms with Crippen molar-refractivity contribution in [3.63, 3.8) is 0 Å². The van der Waals surface area contributed by atoms with E-state index >= 15 is 0 Å². The van der Waals surface area contributed by atoms with Gasteiger partial charge >= 0.3 is 6.18 Å². The van der Waals surface area contributed by atoms with Crippen molar-refractivity contribution in [1.29, 1.82) is 0 Å². The molecule has 1 aliphatic heterocycles. The second-order valence-corrected chi connectivity index (χ2v) is 7.35. The number of alkyl halides is 3. The number of aromatic nitrogens is 3. The molecule has 0 unspecified atom stereocenters. The quantitative estimate of drug-likeness (QED) is 0.622. The predicted octanol–water partition coefficient (Wildman–Crippen LogP) is 4.36. The summed E-state index contributed by atoms with van der Waals surface area (Å²) in [6, 6.07) is 10.2. The molecule has 0 radical (unpaired) electrons. The van der Waals surface area contributed by atoms with Crippen molar-refractivity contribution < 1.29 is 23.1 Å². The summed E-state index contributed by atoms with van der Waals surface area (Å²) in [6.07, 6.45) is -0.682. The minimum absolute atomic E-state index is 0.0330. The molecule has 1 N–H and O–H groups in total. The Labute approximate surface area is 176 Å². The number of aromatic hydroxyl groups is 1. The number of piperidine rings is 1. The average Bonchev–Trinajstić information content (AvgIpc) is 2.79. The number of anilines is 1. The molecular formula is C22H19F3N4O2. The summed E-state index contributed by atoms with van der Waals surface area (Å²) >= 11 is 0. The van der Waals surface area contributed by atoms with Gasteiger partial charge in [-0.05, 0) is 49.2 Å². The van der Waals surface area contributed by atoms with Crippen molar-refractivity contribution in [1.82, 2.24) is 15.0 Å². The molecule has 2 aromatic heterocycles. The van der Waals surface area contributed by atoms with Crippen LogP contribution in [-0.4, -0.2) is 38.9 Å². The monoisotopic (exact) mass is 428 g/mol. The van der Waals surface area contributed by atoms with E-state index < -0.39 is 11.9 Å². The molecule has 9 heteroatoms. The molecular weight excluding hydrogens is 409 g/mol. The Balaban J connectivity index is 1.55. The van der Waals surface area contributed by atoms with Gasteiger partial charge in [0.25, 0.3) is 0 Å². The van der Waals surface area contributed by atoms with Gasteiger partial charge in [-0.3, -0.25) is 9.78 Å². The van der Waals surface area contributed by atoms with E-state index in [0.29, 0.717) is 37.1 Å². The Kier molecular flexibility index (Phi) is 5.58. The van der Waals surface area contributed by atoms with Crippen LogP contribution in [0.3, 0.4) is 0 Å². The van der Waals surface area contributed by atoms with Gasteiger partial charge in [-0.25, -0.2) is 9.97 Å². The first-order valence-corrected chi connectivity index (χ1v) is 9.76. The lowest BCUT2D eigenvalue weighted by Crippen LogP contribution is -2.37. The van der Waals surface area contributed by atoms with E-state index in [1.165, 1.54) is 24.5 Å². The van der Waals surface area contributed by atoms with Crippen LogP contribution in [0.2, 0.25) is 0 Å². The average molecular weight is 428 g/mol. The van der Waals surface area contributed by atoms with Crippen LogP contribution < -0.4 is 4.90 Å². The zero-order valence-corrected chi connectivity index (χ0v) is 16.4. The lowest BCUT2D eigenvalue weighted by molar-refractivity contribution is -0.141. The summed E-state index contributed by atoms with van der Waals surface area (Å²) < 4.78 is 40.3. The Morgan fingerprint density at radius 2 is 1.77 bits per heavy atom. The number of phenols is 1. The van der Waals surface area contributed by atoms with Crippen LogP contribution in [0, 0.1) is 5.92 Å². The zero-order chi connectivity index (χ0) is 22.0. The fourth-order valence-electron chi connectivity index (χ4n) is 3.60. The molecule has 0 amide bonds. The molecule has 0 spiro atoms. The van der Waals surface area contributed by atoms with Gasteiger partial charge in [-0.1, -0.05) is 0 Å². The third-order valence-corrected chi connectivity index (χ3v) is 5.26. The fraction of sp³-hybridized carbons (Fsp3) is 0.273. The molecule has 0 aliphatic carbocycles. The third kappa shape index (κ3) is 4.65. The first-order chi connectivity index (χ1) is 14.8. The van der Waals surface area contributed by atoms with Crippen LogP contribution in [-0.2, 0) is 6.18 Å². The molecule has 4 rings (SSSR count). The summed E-state index contributed by atoms with van der Waals surface area (Å²) in [5.74, 6) is -0.0474. The van der Waals surface area contributed by atoms with Gasteiger partial charge in [-0.2, -0.15) is 13.2 Å². The summed E-state index contributed by atoms with van der Waals surface area (Å²) in [7, 11) is 0. The summed E-state index contributed by atoms with van der Waals surface area (Å²) in [4.78, 5) is 26.4. The molecule has 1 aromatic carbocycles. The molecule has 0 bridgehead atoms. The van der Waals surface area contributed by atoms with E-state index in [9.17, 15) is 23.1 Å². The number of hydrogen-bond donors (Lipinski definition) is 1. The second-order valence-electron chi connectivity index (χ2n) is 7.35. The molecule has 160 valence electrons. The molecule has 1 aliphatic rings. The van der Waals surface area contributed by atoms with Crippen molar-refractivity contribution in [3.05, 3.63) is 66.1 Å². The van der Waals surface area contributed by atoms with E-state index in [0.717, 1.165) is 6.07 Å². The lowest BCUT2D eigenvalue weighted by atomic mass is 9.89. The van der Waals surface area contributed by atoms with Gasteiger partial charge in [0.15, 0.2) is 17.3 Å². The Bertz CT molecular complexity index is 1060. The van der Waals surface area contributed by atoms with Crippen LogP contribution in [0.25, 0.3) is 11.4 Å². The maximum absolute atomic E-state index is 13.4. The Morgan fingerprint density at radius 3 is 2.39 bits per heavy atom. The van der Waals surface area contributed by atoms with Crippen molar-refractivity contribution >= 4 is 11.6 Å². The van der Waals surface area contributed by atoms with Crippen LogP contribution in [0.1, 0.15) is 28.9 Å². The van der Waals surface area contributed by atoms with Crippen LogP contribution >= 0.6 is 0 Å². The molecule has 31 heavy (non-hydrogen) atoms. The zero-order valence-electron chi connectivity index (χ0n) is 16.4. The van der Waals surface area contributed by atoms with Crippen molar-refractivity contribution in [2.24, 2.45) is 5.92 Å². The van der Waals surface area contributed by atoms with E-state index in [1.807, 2.05) is 0 Å². The van der Waals surface area contributed by atoms with Gasteiger partial charge in [0.1, 0.15) is 11.6 Å². The predicted molar refractivity (Wildman–Crippen MR) is 108 cm³/mol. The number of hydrogen-bond acceptors (Lipinski definition) is 6. The molecule has 6 nitrogen and oxygen atoms in total. The fourth-order valence-corrected chi connectivity index (χ4v) is 3.60. The summed E-state index contributed by atoms with van der Waals surface area (Å²) in [5.41, 5.74) is -0.109. The van der Waals surface area contributed by atoms with Gasteiger partial charge in [0.05, 0.1) is 0 Å². The number of carbonyl (C=O) groups is 1. The van der Waals surface area contributed by atoms with E-state index in [4.69, 9.17) is 0 Å². The Hall–Kier alpha value is -3.49. The molecule has 1 saturated heterocycles. The normalized spacial score (nSPS) is 15.1. The number of phenolic OH excluding ortho intramolecular Hbond substituents is 1. The highest BCUT2D eigenvalue weighted by atomic mass is 19.4. The minimum atomic E-state index is -4.61. The summed E-state index contributed by atoms with van der Waals surface area (Å²) in [5, 5.41) is 9.38. The SMILES string of the molecule is O=C(c1ccc(O)cc1)C1CCN(c2cc(C(F)(F)F)nc(-c3cccnc3)n2)CC1.